The monoisotopic (exact) mass is 458 g/mol. The Morgan fingerprint density at radius 1 is 1.12 bits per heavy atom. The van der Waals surface area contributed by atoms with Crippen molar-refractivity contribution in [3.63, 3.8) is 0 Å². The Morgan fingerprint density at radius 2 is 1.81 bits per heavy atom. The second kappa shape index (κ2) is 10.0. The molecule has 0 spiro atoms. The van der Waals surface area contributed by atoms with E-state index < -0.39 is 11.8 Å². The Labute approximate surface area is 191 Å². The molecule has 0 saturated heterocycles. The number of hydrogen-bond donors (Lipinski definition) is 2. The molecular weight excluding hydrogens is 432 g/mol. The zero-order chi connectivity index (χ0) is 23.4. The molecule has 0 fully saturated rings. The van der Waals surface area contributed by atoms with Crippen molar-refractivity contribution in [3.05, 3.63) is 63.6 Å². The standard InChI is InChI=1S/C23H27ClN4O4/c1-14(2)20(26-21(29)15-5-7-16(24)8-6-15)22(30)25-17-9-10-19-18(13-17)28(23(31)32-19)12-11-27(3)4/h5-10,13-14,20H,11-12H2,1-4H3,(H,25,30)(H,26,29). The van der Waals surface area contributed by atoms with Crippen LogP contribution in [0.3, 0.4) is 0 Å². The van der Waals surface area contributed by atoms with Gasteiger partial charge < -0.3 is 20.0 Å². The van der Waals surface area contributed by atoms with E-state index in [0.29, 0.717) is 40.5 Å². The van der Waals surface area contributed by atoms with Gasteiger partial charge in [-0.05, 0) is 62.5 Å². The van der Waals surface area contributed by atoms with Gasteiger partial charge in [-0.25, -0.2) is 4.79 Å². The van der Waals surface area contributed by atoms with E-state index in [2.05, 4.69) is 10.6 Å². The molecule has 1 aromatic heterocycles. The molecule has 1 atom stereocenters. The van der Waals surface area contributed by atoms with E-state index in [-0.39, 0.29) is 17.7 Å². The minimum absolute atomic E-state index is 0.151. The van der Waals surface area contributed by atoms with E-state index >= 15 is 0 Å². The lowest BCUT2D eigenvalue weighted by atomic mass is 10.0. The first kappa shape index (κ1) is 23.6. The summed E-state index contributed by atoms with van der Waals surface area (Å²) in [6.45, 7) is 4.83. The molecule has 0 radical (unpaired) electrons. The topological polar surface area (TPSA) is 96.6 Å². The highest BCUT2D eigenvalue weighted by atomic mass is 35.5. The third-order valence-corrected chi connectivity index (χ3v) is 5.30. The lowest BCUT2D eigenvalue weighted by Crippen LogP contribution is -2.47. The number of rotatable bonds is 8. The summed E-state index contributed by atoms with van der Waals surface area (Å²) >= 11 is 5.88. The summed E-state index contributed by atoms with van der Waals surface area (Å²) in [5.41, 5.74) is 1.97. The third kappa shape index (κ3) is 5.57. The summed E-state index contributed by atoms with van der Waals surface area (Å²) in [6, 6.07) is 10.7. The summed E-state index contributed by atoms with van der Waals surface area (Å²) in [5, 5.41) is 6.15. The molecule has 2 N–H and O–H groups in total. The molecule has 2 aromatic carbocycles. The fourth-order valence-corrected chi connectivity index (χ4v) is 3.36. The number of benzene rings is 2. The third-order valence-electron chi connectivity index (χ3n) is 5.05. The molecule has 0 aliphatic rings. The normalized spacial score (nSPS) is 12.3. The molecule has 0 bridgehead atoms. The maximum absolute atomic E-state index is 13.0. The quantitative estimate of drug-likeness (QED) is 0.540. The number of halogens is 1. The van der Waals surface area contributed by atoms with Crippen LogP contribution in [-0.2, 0) is 11.3 Å². The highest BCUT2D eigenvalue weighted by Gasteiger charge is 2.25. The Kier molecular flexibility index (Phi) is 7.37. The smallest absolute Gasteiger partial charge is 0.408 e. The molecule has 2 amide bonds. The SMILES string of the molecule is CC(C)C(NC(=O)c1ccc(Cl)cc1)C(=O)Nc1ccc2oc(=O)n(CCN(C)C)c2c1. The van der Waals surface area contributed by atoms with Crippen LogP contribution in [0.2, 0.25) is 5.02 Å². The van der Waals surface area contributed by atoms with Gasteiger partial charge in [0.2, 0.25) is 5.91 Å². The van der Waals surface area contributed by atoms with Crippen molar-refractivity contribution in [1.29, 1.82) is 0 Å². The Hall–Kier alpha value is -3.10. The average Bonchev–Trinajstić information content (AvgIpc) is 3.04. The van der Waals surface area contributed by atoms with Crippen LogP contribution in [0.5, 0.6) is 0 Å². The van der Waals surface area contributed by atoms with Crippen LogP contribution in [0.1, 0.15) is 24.2 Å². The first-order valence-electron chi connectivity index (χ1n) is 10.3. The molecule has 1 unspecified atom stereocenters. The van der Waals surface area contributed by atoms with Gasteiger partial charge in [-0.15, -0.1) is 0 Å². The largest absolute Gasteiger partial charge is 0.419 e. The molecular formula is C23H27ClN4O4. The Bertz CT molecular complexity index is 1160. The molecule has 0 aliphatic carbocycles. The van der Waals surface area contributed by atoms with Crippen molar-refractivity contribution in [2.45, 2.75) is 26.4 Å². The molecule has 8 nitrogen and oxygen atoms in total. The second-order valence-electron chi connectivity index (χ2n) is 8.20. The maximum Gasteiger partial charge on any atom is 0.419 e. The van der Waals surface area contributed by atoms with Crippen molar-refractivity contribution in [3.8, 4) is 0 Å². The van der Waals surface area contributed by atoms with Gasteiger partial charge in [0.05, 0.1) is 5.52 Å². The van der Waals surface area contributed by atoms with Gasteiger partial charge >= 0.3 is 5.76 Å². The highest BCUT2D eigenvalue weighted by molar-refractivity contribution is 6.30. The maximum atomic E-state index is 13.0. The summed E-state index contributed by atoms with van der Waals surface area (Å²) in [4.78, 5) is 39.7. The zero-order valence-electron chi connectivity index (χ0n) is 18.5. The predicted molar refractivity (Wildman–Crippen MR) is 125 cm³/mol. The lowest BCUT2D eigenvalue weighted by Gasteiger charge is -2.22. The van der Waals surface area contributed by atoms with Crippen molar-refractivity contribution in [2.24, 2.45) is 5.92 Å². The Balaban J connectivity index is 1.78. The Morgan fingerprint density at radius 3 is 2.44 bits per heavy atom. The lowest BCUT2D eigenvalue weighted by molar-refractivity contribution is -0.118. The molecule has 9 heteroatoms. The summed E-state index contributed by atoms with van der Waals surface area (Å²) in [7, 11) is 3.84. The van der Waals surface area contributed by atoms with Crippen LogP contribution < -0.4 is 16.4 Å². The number of oxazole rings is 1. The van der Waals surface area contributed by atoms with Crippen LogP contribution in [0, 0.1) is 5.92 Å². The fourth-order valence-electron chi connectivity index (χ4n) is 3.23. The van der Waals surface area contributed by atoms with Crippen LogP contribution >= 0.6 is 11.6 Å². The second-order valence-corrected chi connectivity index (χ2v) is 8.63. The summed E-state index contributed by atoms with van der Waals surface area (Å²) in [6.07, 6.45) is 0. The summed E-state index contributed by atoms with van der Waals surface area (Å²) < 4.78 is 6.83. The average molecular weight is 459 g/mol. The number of carbonyl (C=O) groups is 2. The first-order valence-corrected chi connectivity index (χ1v) is 10.7. The molecule has 3 rings (SSSR count). The van der Waals surface area contributed by atoms with Crippen LogP contribution in [-0.4, -0.2) is 48.0 Å². The van der Waals surface area contributed by atoms with Crippen molar-refractivity contribution >= 4 is 40.2 Å². The van der Waals surface area contributed by atoms with Gasteiger partial charge in [-0.2, -0.15) is 0 Å². The highest BCUT2D eigenvalue weighted by Crippen LogP contribution is 2.19. The van der Waals surface area contributed by atoms with E-state index in [1.165, 1.54) is 4.57 Å². The van der Waals surface area contributed by atoms with Crippen LogP contribution in [0.15, 0.2) is 51.7 Å². The van der Waals surface area contributed by atoms with Gasteiger partial charge in [-0.3, -0.25) is 14.2 Å². The number of anilines is 1. The van der Waals surface area contributed by atoms with Crippen LogP contribution in [0.25, 0.3) is 11.1 Å². The fraction of sp³-hybridized carbons (Fsp3) is 0.348. The number of likely N-dealkylation sites (N-methyl/N-ethyl adjacent to an activating group) is 1. The molecule has 32 heavy (non-hydrogen) atoms. The molecule has 0 aliphatic heterocycles. The van der Waals surface area contributed by atoms with E-state index in [4.69, 9.17) is 16.0 Å². The first-order chi connectivity index (χ1) is 15.2. The van der Waals surface area contributed by atoms with E-state index in [1.807, 2.05) is 32.8 Å². The zero-order valence-corrected chi connectivity index (χ0v) is 19.3. The number of fused-ring (bicyclic) bond motifs is 1. The van der Waals surface area contributed by atoms with E-state index in [1.54, 1.807) is 42.5 Å². The van der Waals surface area contributed by atoms with Gasteiger partial charge in [-0.1, -0.05) is 25.4 Å². The van der Waals surface area contributed by atoms with E-state index in [0.717, 1.165) is 0 Å². The van der Waals surface area contributed by atoms with Gasteiger partial charge in [0.1, 0.15) is 6.04 Å². The van der Waals surface area contributed by atoms with Gasteiger partial charge in [0, 0.05) is 29.4 Å². The van der Waals surface area contributed by atoms with Crippen molar-refractivity contribution in [2.75, 3.05) is 26.0 Å². The number of aromatic nitrogens is 1. The molecule has 3 aromatic rings. The van der Waals surface area contributed by atoms with Crippen LogP contribution in [0.4, 0.5) is 5.69 Å². The number of amides is 2. The van der Waals surface area contributed by atoms with Crippen molar-refractivity contribution in [1.82, 2.24) is 14.8 Å². The molecule has 1 heterocycles. The number of carbonyl (C=O) groups excluding carboxylic acids is 2. The van der Waals surface area contributed by atoms with Crippen molar-refractivity contribution < 1.29 is 14.0 Å². The van der Waals surface area contributed by atoms with Gasteiger partial charge in [0.25, 0.3) is 5.91 Å². The molecule has 0 saturated carbocycles. The number of hydrogen-bond acceptors (Lipinski definition) is 5. The van der Waals surface area contributed by atoms with E-state index in [9.17, 15) is 14.4 Å². The minimum Gasteiger partial charge on any atom is -0.408 e. The minimum atomic E-state index is -0.755. The number of nitrogens with one attached hydrogen (secondary N) is 2. The number of nitrogens with zero attached hydrogens (tertiary/aromatic N) is 2. The predicted octanol–water partition coefficient (Wildman–Crippen LogP) is 3.20. The summed E-state index contributed by atoms with van der Waals surface area (Å²) in [5.74, 6) is -1.31. The molecule has 170 valence electrons. The van der Waals surface area contributed by atoms with Gasteiger partial charge in [0.15, 0.2) is 5.58 Å².